The van der Waals surface area contributed by atoms with Crippen molar-refractivity contribution < 1.29 is 4.92 Å². The van der Waals surface area contributed by atoms with E-state index >= 15 is 0 Å². The van der Waals surface area contributed by atoms with Gasteiger partial charge in [0.1, 0.15) is 4.38 Å². The highest BCUT2D eigenvalue weighted by Gasteiger charge is 2.17. The number of fused-ring (bicyclic) bond motifs is 1. The number of nitrogens with zero attached hydrogens (tertiary/aromatic N) is 2. The molecule has 0 saturated carbocycles. The van der Waals surface area contributed by atoms with Crippen LogP contribution >= 0.6 is 23.5 Å². The fraction of sp³-hybridized carbons (Fsp3) is 0.188. The lowest BCUT2D eigenvalue weighted by Crippen LogP contribution is -1.99. The molecule has 0 amide bonds. The molecule has 2 aromatic rings. The molecule has 0 spiro atoms. The van der Waals surface area contributed by atoms with E-state index in [1.807, 2.05) is 31.2 Å². The van der Waals surface area contributed by atoms with Gasteiger partial charge in [0.15, 0.2) is 0 Å². The standard InChI is InChI=1S/C16H14N2O2S2/c1-11(12-6-4-7-14(9-12)18(19)20)22-16-17-15-8-3-2-5-13(15)10-21-16/h2-9,11H,10H2,1H3/t11-/m0/s1. The molecule has 0 bridgehead atoms. The Bertz CT molecular complexity index is 746. The Hall–Kier alpha value is -1.79. The van der Waals surface area contributed by atoms with E-state index in [-0.39, 0.29) is 15.9 Å². The van der Waals surface area contributed by atoms with Gasteiger partial charge >= 0.3 is 0 Å². The van der Waals surface area contributed by atoms with Gasteiger partial charge in [0.05, 0.1) is 10.6 Å². The first-order valence-corrected chi connectivity index (χ1v) is 8.70. The second-order valence-electron chi connectivity index (χ2n) is 4.91. The fourth-order valence-corrected chi connectivity index (χ4v) is 4.49. The first-order chi connectivity index (χ1) is 10.6. The van der Waals surface area contributed by atoms with E-state index in [0.717, 1.165) is 21.4 Å². The molecule has 1 aliphatic rings. The molecule has 6 heteroatoms. The normalized spacial score (nSPS) is 14.9. The first kappa shape index (κ1) is 15.1. The monoisotopic (exact) mass is 330 g/mol. The lowest BCUT2D eigenvalue weighted by atomic mass is 10.1. The molecule has 22 heavy (non-hydrogen) atoms. The molecule has 3 rings (SSSR count). The highest BCUT2D eigenvalue weighted by atomic mass is 32.2. The number of thioether (sulfide) groups is 2. The summed E-state index contributed by atoms with van der Waals surface area (Å²) >= 11 is 3.37. The molecule has 4 nitrogen and oxygen atoms in total. The summed E-state index contributed by atoms with van der Waals surface area (Å²) in [6, 6.07) is 14.9. The molecule has 0 N–H and O–H groups in total. The van der Waals surface area contributed by atoms with Crippen molar-refractivity contribution in [2.24, 2.45) is 4.99 Å². The van der Waals surface area contributed by atoms with Crippen LogP contribution in [0.15, 0.2) is 53.5 Å². The van der Waals surface area contributed by atoms with Crippen LogP contribution in [0.5, 0.6) is 0 Å². The SMILES string of the molecule is C[C@H](SC1=Nc2ccccc2CS1)c1cccc([N+](=O)[O-])c1. The van der Waals surface area contributed by atoms with Crippen LogP contribution in [0.1, 0.15) is 23.3 Å². The zero-order valence-corrected chi connectivity index (χ0v) is 13.6. The van der Waals surface area contributed by atoms with E-state index < -0.39 is 0 Å². The number of aliphatic imine (C=N–C) groups is 1. The topological polar surface area (TPSA) is 55.5 Å². The summed E-state index contributed by atoms with van der Waals surface area (Å²) in [6.45, 7) is 2.05. The van der Waals surface area contributed by atoms with Crippen LogP contribution < -0.4 is 0 Å². The average molecular weight is 330 g/mol. The first-order valence-electron chi connectivity index (χ1n) is 6.84. The second-order valence-corrected chi connectivity index (χ2v) is 7.46. The summed E-state index contributed by atoms with van der Waals surface area (Å²) in [7, 11) is 0. The predicted molar refractivity (Wildman–Crippen MR) is 93.9 cm³/mol. The van der Waals surface area contributed by atoms with E-state index in [1.54, 1.807) is 35.7 Å². The van der Waals surface area contributed by atoms with E-state index in [4.69, 9.17) is 0 Å². The predicted octanol–water partition coefficient (Wildman–Crippen LogP) is 5.32. The maximum Gasteiger partial charge on any atom is 0.269 e. The number of rotatable bonds is 3. The minimum Gasteiger partial charge on any atom is -0.258 e. The summed E-state index contributed by atoms with van der Waals surface area (Å²) in [5, 5.41) is 11.0. The Morgan fingerprint density at radius 1 is 1.27 bits per heavy atom. The van der Waals surface area contributed by atoms with Crippen molar-refractivity contribution >= 4 is 39.3 Å². The number of nitro benzene ring substituents is 1. The van der Waals surface area contributed by atoms with Gasteiger partial charge in [-0.3, -0.25) is 10.1 Å². The van der Waals surface area contributed by atoms with E-state index in [2.05, 4.69) is 11.1 Å². The molecular formula is C16H14N2O2S2. The van der Waals surface area contributed by atoms with E-state index in [9.17, 15) is 10.1 Å². The van der Waals surface area contributed by atoms with Gasteiger partial charge in [-0.25, -0.2) is 4.99 Å². The molecule has 0 aromatic heterocycles. The van der Waals surface area contributed by atoms with Crippen LogP contribution in [0.3, 0.4) is 0 Å². The maximum atomic E-state index is 10.9. The number of nitro groups is 1. The molecule has 1 heterocycles. The number of para-hydroxylation sites is 1. The second kappa shape index (κ2) is 6.54. The van der Waals surface area contributed by atoms with Gasteiger partial charge in [0, 0.05) is 23.1 Å². The molecule has 112 valence electrons. The van der Waals surface area contributed by atoms with Crippen molar-refractivity contribution in [3.8, 4) is 0 Å². The third-order valence-electron chi connectivity index (χ3n) is 3.38. The summed E-state index contributed by atoms with van der Waals surface area (Å²) in [5.74, 6) is 0.920. The highest BCUT2D eigenvalue weighted by molar-refractivity contribution is 8.38. The van der Waals surface area contributed by atoms with E-state index in [0.29, 0.717) is 0 Å². The van der Waals surface area contributed by atoms with Crippen molar-refractivity contribution in [2.45, 2.75) is 17.9 Å². The Balaban J connectivity index is 1.78. The Kier molecular flexibility index (Phi) is 4.49. The molecular weight excluding hydrogens is 316 g/mol. The van der Waals surface area contributed by atoms with Gasteiger partial charge < -0.3 is 0 Å². The zero-order valence-electron chi connectivity index (χ0n) is 11.9. The number of hydrogen-bond acceptors (Lipinski definition) is 5. The third kappa shape index (κ3) is 3.34. The van der Waals surface area contributed by atoms with Gasteiger partial charge in [-0.05, 0) is 24.1 Å². The molecule has 0 radical (unpaired) electrons. The van der Waals surface area contributed by atoms with Crippen molar-refractivity contribution in [1.29, 1.82) is 0 Å². The molecule has 1 atom stereocenters. The van der Waals surface area contributed by atoms with Crippen molar-refractivity contribution in [3.63, 3.8) is 0 Å². The van der Waals surface area contributed by atoms with Crippen molar-refractivity contribution in [1.82, 2.24) is 0 Å². The Morgan fingerprint density at radius 3 is 2.91 bits per heavy atom. The summed E-state index contributed by atoms with van der Waals surface area (Å²) in [5.41, 5.74) is 3.35. The van der Waals surface area contributed by atoms with Gasteiger partial charge in [-0.2, -0.15) is 0 Å². The fourth-order valence-electron chi connectivity index (χ4n) is 2.18. The number of hydrogen-bond donors (Lipinski definition) is 0. The largest absolute Gasteiger partial charge is 0.269 e. The van der Waals surface area contributed by atoms with Gasteiger partial charge in [0.2, 0.25) is 0 Å². The average Bonchev–Trinajstić information content (AvgIpc) is 2.55. The van der Waals surface area contributed by atoms with Gasteiger partial charge in [0.25, 0.3) is 5.69 Å². The van der Waals surface area contributed by atoms with Crippen LogP contribution in [-0.2, 0) is 5.75 Å². The molecule has 0 aliphatic carbocycles. The smallest absolute Gasteiger partial charge is 0.258 e. The quantitative estimate of drug-likeness (QED) is 0.564. The molecule has 0 fully saturated rings. The van der Waals surface area contributed by atoms with Crippen LogP contribution in [-0.4, -0.2) is 9.30 Å². The lowest BCUT2D eigenvalue weighted by molar-refractivity contribution is -0.384. The lowest BCUT2D eigenvalue weighted by Gasteiger charge is -2.17. The number of benzene rings is 2. The Morgan fingerprint density at radius 2 is 2.09 bits per heavy atom. The van der Waals surface area contributed by atoms with Crippen LogP contribution in [0.4, 0.5) is 11.4 Å². The van der Waals surface area contributed by atoms with Gasteiger partial charge in [-0.1, -0.05) is 53.9 Å². The maximum absolute atomic E-state index is 10.9. The minimum atomic E-state index is -0.357. The molecule has 0 unspecified atom stereocenters. The van der Waals surface area contributed by atoms with Gasteiger partial charge in [-0.15, -0.1) is 0 Å². The van der Waals surface area contributed by atoms with Crippen LogP contribution in [0.2, 0.25) is 0 Å². The molecule has 1 aliphatic heterocycles. The van der Waals surface area contributed by atoms with E-state index in [1.165, 1.54) is 11.6 Å². The summed E-state index contributed by atoms with van der Waals surface area (Å²) in [4.78, 5) is 15.2. The number of non-ortho nitro benzene ring substituents is 1. The summed E-state index contributed by atoms with van der Waals surface area (Å²) < 4.78 is 1.01. The van der Waals surface area contributed by atoms with Crippen molar-refractivity contribution in [2.75, 3.05) is 0 Å². The minimum absolute atomic E-state index is 0.122. The third-order valence-corrected chi connectivity index (χ3v) is 5.74. The zero-order chi connectivity index (χ0) is 15.5. The molecule has 2 aromatic carbocycles. The highest BCUT2D eigenvalue weighted by Crippen LogP contribution is 2.40. The van der Waals surface area contributed by atoms with Crippen molar-refractivity contribution in [3.05, 3.63) is 69.8 Å². The molecule has 0 saturated heterocycles. The Labute approximate surface area is 137 Å². The van der Waals surface area contributed by atoms with Crippen LogP contribution in [0, 0.1) is 10.1 Å². The van der Waals surface area contributed by atoms with Crippen LogP contribution in [0.25, 0.3) is 0 Å². The summed E-state index contributed by atoms with van der Waals surface area (Å²) in [6.07, 6.45) is 0.